The van der Waals surface area contributed by atoms with E-state index in [9.17, 15) is 19.2 Å². The summed E-state index contributed by atoms with van der Waals surface area (Å²) in [5.74, 6) is -1.86. The van der Waals surface area contributed by atoms with Crippen LogP contribution in [0.25, 0.3) is 0 Å². The van der Waals surface area contributed by atoms with Crippen LogP contribution in [0.4, 0.5) is 5.69 Å². The van der Waals surface area contributed by atoms with E-state index >= 15 is 0 Å². The molecule has 0 saturated carbocycles. The lowest BCUT2D eigenvalue weighted by Crippen LogP contribution is -2.54. The maximum Gasteiger partial charge on any atom is 0.262 e. The molecule has 0 bridgehead atoms. The molecule has 2 N–H and O–H groups in total. The predicted octanol–water partition coefficient (Wildman–Crippen LogP) is 0.278. The van der Waals surface area contributed by atoms with Gasteiger partial charge in [0.1, 0.15) is 6.04 Å². The Kier molecular flexibility index (Phi) is 3.80. The van der Waals surface area contributed by atoms with Crippen LogP contribution in [-0.4, -0.2) is 60.7 Å². The number of hydrogen-bond donors (Lipinski definition) is 2. The van der Waals surface area contributed by atoms with E-state index in [2.05, 4.69) is 15.5 Å². The topological polar surface area (TPSA) is 98.8 Å². The standard InChI is InChI=1S/C20H22N4O4/c25-16-4-3-15(17(26)22-16)24-18(27)13-2-1-12(9-14(13)19(24)28)23-8-6-20(11-23)5-7-21-10-20/h1-2,9,15,21H,3-8,10-11H2,(H,22,25,26). The number of carbonyl (C=O) groups excluding carboxylic acids is 4. The van der Waals surface area contributed by atoms with Crippen molar-refractivity contribution in [1.29, 1.82) is 0 Å². The first-order valence-corrected chi connectivity index (χ1v) is 9.79. The molecule has 3 saturated heterocycles. The van der Waals surface area contributed by atoms with Gasteiger partial charge in [0.25, 0.3) is 11.8 Å². The van der Waals surface area contributed by atoms with Gasteiger partial charge in [-0.05, 0) is 44.0 Å². The minimum atomic E-state index is -0.923. The third kappa shape index (κ3) is 2.55. The number of piperidine rings is 1. The fourth-order valence-corrected chi connectivity index (χ4v) is 4.96. The molecule has 1 aromatic rings. The van der Waals surface area contributed by atoms with E-state index in [1.165, 1.54) is 0 Å². The Morgan fingerprint density at radius 1 is 1.04 bits per heavy atom. The SMILES string of the molecule is O=C1CCC(N2C(=O)c3ccc(N4CCC5(CCNC5)C4)cc3C2=O)C(=O)N1. The van der Waals surface area contributed by atoms with Crippen molar-refractivity contribution >= 4 is 29.3 Å². The third-order valence-corrected chi connectivity index (χ3v) is 6.56. The number of benzene rings is 1. The van der Waals surface area contributed by atoms with Crippen LogP contribution >= 0.6 is 0 Å². The highest BCUT2D eigenvalue weighted by molar-refractivity contribution is 6.23. The van der Waals surface area contributed by atoms with Gasteiger partial charge in [-0.1, -0.05) is 0 Å². The van der Waals surface area contributed by atoms with Crippen molar-refractivity contribution in [3.63, 3.8) is 0 Å². The molecule has 3 fully saturated rings. The normalized spacial score (nSPS) is 29.8. The zero-order valence-corrected chi connectivity index (χ0v) is 15.5. The lowest BCUT2D eigenvalue weighted by atomic mass is 9.86. The Morgan fingerprint density at radius 2 is 1.86 bits per heavy atom. The van der Waals surface area contributed by atoms with Crippen molar-refractivity contribution < 1.29 is 19.2 Å². The molecule has 0 aromatic heterocycles. The van der Waals surface area contributed by atoms with Gasteiger partial charge in [-0.25, -0.2) is 0 Å². The molecular formula is C20H22N4O4. The molecule has 5 rings (SSSR count). The van der Waals surface area contributed by atoms with Crippen LogP contribution in [-0.2, 0) is 9.59 Å². The van der Waals surface area contributed by atoms with Gasteiger partial charge in [0.2, 0.25) is 11.8 Å². The summed E-state index contributed by atoms with van der Waals surface area (Å²) < 4.78 is 0. The molecule has 4 aliphatic rings. The second kappa shape index (κ2) is 6.13. The molecule has 8 heteroatoms. The first kappa shape index (κ1) is 17.4. The smallest absolute Gasteiger partial charge is 0.262 e. The summed E-state index contributed by atoms with van der Waals surface area (Å²) >= 11 is 0. The molecule has 28 heavy (non-hydrogen) atoms. The molecule has 146 valence electrons. The summed E-state index contributed by atoms with van der Waals surface area (Å²) in [4.78, 5) is 52.6. The maximum atomic E-state index is 13.0. The second-order valence-electron chi connectivity index (χ2n) is 8.28. The van der Waals surface area contributed by atoms with Gasteiger partial charge in [-0.3, -0.25) is 29.4 Å². The molecule has 2 atom stereocenters. The van der Waals surface area contributed by atoms with Crippen LogP contribution in [0, 0.1) is 5.41 Å². The van der Waals surface area contributed by atoms with E-state index in [0.717, 1.165) is 49.6 Å². The van der Waals surface area contributed by atoms with E-state index in [0.29, 0.717) is 16.5 Å². The van der Waals surface area contributed by atoms with E-state index in [1.54, 1.807) is 12.1 Å². The Balaban J connectivity index is 1.40. The van der Waals surface area contributed by atoms with Gasteiger partial charge in [-0.2, -0.15) is 0 Å². The molecular weight excluding hydrogens is 360 g/mol. The number of amides is 4. The summed E-state index contributed by atoms with van der Waals surface area (Å²) in [6, 6.07) is 4.44. The van der Waals surface area contributed by atoms with Crippen LogP contribution in [0.2, 0.25) is 0 Å². The van der Waals surface area contributed by atoms with Crippen LogP contribution in [0.1, 0.15) is 46.4 Å². The van der Waals surface area contributed by atoms with Crippen molar-refractivity contribution in [2.45, 2.75) is 31.7 Å². The van der Waals surface area contributed by atoms with E-state index in [4.69, 9.17) is 0 Å². The zero-order valence-electron chi connectivity index (χ0n) is 15.5. The second-order valence-corrected chi connectivity index (χ2v) is 8.28. The van der Waals surface area contributed by atoms with Crippen molar-refractivity contribution in [3.8, 4) is 0 Å². The van der Waals surface area contributed by atoms with Crippen molar-refractivity contribution in [3.05, 3.63) is 29.3 Å². The van der Waals surface area contributed by atoms with Gasteiger partial charge in [-0.15, -0.1) is 0 Å². The average Bonchev–Trinajstić information content (AvgIpc) is 3.38. The van der Waals surface area contributed by atoms with Gasteiger partial charge >= 0.3 is 0 Å². The zero-order chi connectivity index (χ0) is 19.5. The van der Waals surface area contributed by atoms with Crippen LogP contribution in [0.5, 0.6) is 0 Å². The number of anilines is 1. The molecule has 1 aromatic carbocycles. The Bertz CT molecular complexity index is 905. The van der Waals surface area contributed by atoms with Gasteiger partial charge in [0.05, 0.1) is 11.1 Å². The lowest BCUT2D eigenvalue weighted by Gasteiger charge is -2.27. The highest BCUT2D eigenvalue weighted by Crippen LogP contribution is 2.39. The minimum Gasteiger partial charge on any atom is -0.371 e. The monoisotopic (exact) mass is 382 g/mol. The Hall–Kier alpha value is -2.74. The van der Waals surface area contributed by atoms with Crippen molar-refractivity contribution in [2.24, 2.45) is 5.41 Å². The van der Waals surface area contributed by atoms with Crippen LogP contribution in [0.15, 0.2) is 18.2 Å². The number of carbonyl (C=O) groups is 4. The van der Waals surface area contributed by atoms with Crippen LogP contribution in [0.3, 0.4) is 0 Å². The van der Waals surface area contributed by atoms with Crippen molar-refractivity contribution in [1.82, 2.24) is 15.5 Å². The molecule has 4 heterocycles. The fraction of sp³-hybridized carbons (Fsp3) is 0.500. The first-order valence-electron chi connectivity index (χ1n) is 9.79. The molecule has 0 radical (unpaired) electrons. The summed E-state index contributed by atoms with van der Waals surface area (Å²) in [5.41, 5.74) is 1.92. The number of nitrogens with zero attached hydrogens (tertiary/aromatic N) is 2. The predicted molar refractivity (Wildman–Crippen MR) is 99.9 cm³/mol. The van der Waals surface area contributed by atoms with E-state index in [1.807, 2.05) is 6.07 Å². The quantitative estimate of drug-likeness (QED) is 0.713. The van der Waals surface area contributed by atoms with Crippen LogP contribution < -0.4 is 15.5 Å². The molecule has 1 spiro atoms. The summed E-state index contributed by atoms with van der Waals surface area (Å²) in [6.07, 6.45) is 2.57. The van der Waals surface area contributed by atoms with Crippen molar-refractivity contribution in [2.75, 3.05) is 31.1 Å². The molecule has 8 nitrogen and oxygen atoms in total. The number of hydrogen-bond acceptors (Lipinski definition) is 6. The average molecular weight is 382 g/mol. The number of fused-ring (bicyclic) bond motifs is 1. The minimum absolute atomic E-state index is 0.124. The summed E-state index contributed by atoms with van der Waals surface area (Å²) in [6.45, 7) is 3.94. The van der Waals surface area contributed by atoms with E-state index in [-0.39, 0.29) is 18.7 Å². The summed E-state index contributed by atoms with van der Waals surface area (Å²) in [5, 5.41) is 5.66. The molecule has 2 unspecified atom stereocenters. The lowest BCUT2D eigenvalue weighted by molar-refractivity contribution is -0.136. The van der Waals surface area contributed by atoms with Gasteiger partial charge < -0.3 is 10.2 Å². The van der Waals surface area contributed by atoms with Gasteiger partial charge in [0, 0.05) is 37.2 Å². The Labute approximate surface area is 162 Å². The van der Waals surface area contributed by atoms with Gasteiger partial charge in [0.15, 0.2) is 0 Å². The maximum absolute atomic E-state index is 13.0. The molecule has 4 aliphatic heterocycles. The Morgan fingerprint density at radius 3 is 2.61 bits per heavy atom. The number of rotatable bonds is 2. The highest BCUT2D eigenvalue weighted by atomic mass is 16.2. The summed E-state index contributed by atoms with van der Waals surface area (Å²) in [7, 11) is 0. The number of imide groups is 2. The fourth-order valence-electron chi connectivity index (χ4n) is 4.96. The number of nitrogens with one attached hydrogen (secondary N) is 2. The highest BCUT2D eigenvalue weighted by Gasteiger charge is 2.45. The molecule has 0 aliphatic carbocycles. The molecule has 4 amide bonds. The first-order chi connectivity index (χ1) is 13.5. The van der Waals surface area contributed by atoms with E-state index < -0.39 is 23.8 Å². The largest absolute Gasteiger partial charge is 0.371 e. The third-order valence-electron chi connectivity index (χ3n) is 6.56.